The van der Waals surface area contributed by atoms with Crippen molar-refractivity contribution < 1.29 is 9.90 Å². The van der Waals surface area contributed by atoms with Crippen LogP contribution in [-0.4, -0.2) is 21.0 Å². The van der Waals surface area contributed by atoms with Gasteiger partial charge in [-0.15, -0.1) is 0 Å². The van der Waals surface area contributed by atoms with E-state index in [2.05, 4.69) is 23.8 Å². The summed E-state index contributed by atoms with van der Waals surface area (Å²) in [6.45, 7) is 4.43. The zero-order valence-corrected chi connectivity index (χ0v) is 18.1. The van der Waals surface area contributed by atoms with Crippen LogP contribution in [0.5, 0.6) is 0 Å². The molecule has 0 saturated carbocycles. The number of hydrogen-bond acceptors (Lipinski definition) is 3. The summed E-state index contributed by atoms with van der Waals surface area (Å²) in [6.07, 6.45) is 17.5. The van der Waals surface area contributed by atoms with Crippen molar-refractivity contribution >= 4 is 5.97 Å². The van der Waals surface area contributed by atoms with Gasteiger partial charge in [-0.1, -0.05) is 71.3 Å². The number of carboxylic acid groups (broad SMARTS) is 1. The van der Waals surface area contributed by atoms with Gasteiger partial charge in [-0.25, -0.2) is 4.79 Å². The lowest BCUT2D eigenvalue weighted by Crippen LogP contribution is -2.03. The maximum atomic E-state index is 11.6. The van der Waals surface area contributed by atoms with Crippen LogP contribution >= 0.6 is 0 Å². The number of aryl methyl sites for hydroxylation is 2. The van der Waals surface area contributed by atoms with Gasteiger partial charge in [-0.2, -0.15) is 0 Å². The van der Waals surface area contributed by atoms with Gasteiger partial charge in [0, 0.05) is 11.8 Å². The van der Waals surface area contributed by atoms with E-state index in [0.717, 1.165) is 54.6 Å². The SMILES string of the molecule is CCCCCCCCc1cc(-c2cnc(CCCCCC)cn2)ccc1C(=O)O. The molecule has 158 valence electrons. The Labute approximate surface area is 175 Å². The Morgan fingerprint density at radius 3 is 2.14 bits per heavy atom. The van der Waals surface area contributed by atoms with Gasteiger partial charge in [-0.3, -0.25) is 9.97 Å². The van der Waals surface area contributed by atoms with Gasteiger partial charge < -0.3 is 5.11 Å². The highest BCUT2D eigenvalue weighted by Crippen LogP contribution is 2.23. The Bertz CT molecular complexity index is 741. The molecule has 0 bridgehead atoms. The maximum absolute atomic E-state index is 11.6. The summed E-state index contributed by atoms with van der Waals surface area (Å²) >= 11 is 0. The molecule has 0 saturated heterocycles. The van der Waals surface area contributed by atoms with Gasteiger partial charge in [0.2, 0.25) is 0 Å². The monoisotopic (exact) mass is 396 g/mol. The van der Waals surface area contributed by atoms with Gasteiger partial charge >= 0.3 is 5.97 Å². The van der Waals surface area contributed by atoms with Gasteiger partial charge in [0.15, 0.2) is 0 Å². The van der Waals surface area contributed by atoms with Gasteiger partial charge in [0.25, 0.3) is 0 Å². The van der Waals surface area contributed by atoms with Crippen molar-refractivity contribution in [3.05, 3.63) is 47.4 Å². The number of rotatable bonds is 14. The normalized spacial score (nSPS) is 11.0. The highest BCUT2D eigenvalue weighted by Gasteiger charge is 2.12. The van der Waals surface area contributed by atoms with E-state index in [1.165, 1.54) is 44.9 Å². The zero-order chi connectivity index (χ0) is 20.9. The number of carbonyl (C=O) groups is 1. The predicted molar refractivity (Wildman–Crippen MR) is 119 cm³/mol. The molecular weight excluding hydrogens is 360 g/mol. The molecule has 4 nitrogen and oxygen atoms in total. The molecule has 0 radical (unpaired) electrons. The Morgan fingerprint density at radius 1 is 0.828 bits per heavy atom. The number of carboxylic acids is 1. The Hall–Kier alpha value is -2.23. The smallest absolute Gasteiger partial charge is 0.335 e. The minimum Gasteiger partial charge on any atom is -0.478 e. The van der Waals surface area contributed by atoms with E-state index < -0.39 is 5.97 Å². The molecule has 0 atom stereocenters. The molecule has 0 aliphatic rings. The van der Waals surface area contributed by atoms with Crippen molar-refractivity contribution in [3.8, 4) is 11.3 Å². The number of hydrogen-bond donors (Lipinski definition) is 1. The lowest BCUT2D eigenvalue weighted by molar-refractivity contribution is 0.0695. The molecule has 29 heavy (non-hydrogen) atoms. The van der Waals surface area contributed by atoms with Crippen molar-refractivity contribution in [2.45, 2.75) is 90.9 Å². The molecule has 2 aromatic rings. The summed E-state index contributed by atoms with van der Waals surface area (Å²) in [7, 11) is 0. The summed E-state index contributed by atoms with van der Waals surface area (Å²) in [5.41, 5.74) is 4.09. The summed E-state index contributed by atoms with van der Waals surface area (Å²) in [5.74, 6) is -0.856. The molecule has 1 heterocycles. The molecule has 0 fully saturated rings. The highest BCUT2D eigenvalue weighted by atomic mass is 16.4. The van der Waals surface area contributed by atoms with Crippen molar-refractivity contribution in [2.75, 3.05) is 0 Å². The van der Waals surface area contributed by atoms with Crippen LogP contribution in [0.15, 0.2) is 30.6 Å². The summed E-state index contributed by atoms with van der Waals surface area (Å²) in [5, 5.41) is 9.53. The molecule has 1 N–H and O–H groups in total. The van der Waals surface area contributed by atoms with Gasteiger partial charge in [0.05, 0.1) is 23.1 Å². The fraction of sp³-hybridized carbons (Fsp3) is 0.560. The van der Waals surface area contributed by atoms with E-state index in [9.17, 15) is 9.90 Å². The molecule has 1 aromatic carbocycles. The second kappa shape index (κ2) is 13.1. The van der Waals surface area contributed by atoms with E-state index >= 15 is 0 Å². The summed E-state index contributed by atoms with van der Waals surface area (Å²) < 4.78 is 0. The van der Waals surface area contributed by atoms with E-state index in [-0.39, 0.29) is 0 Å². The van der Waals surface area contributed by atoms with E-state index in [0.29, 0.717) is 5.56 Å². The molecular formula is C25H36N2O2. The van der Waals surface area contributed by atoms with Gasteiger partial charge in [0.1, 0.15) is 0 Å². The van der Waals surface area contributed by atoms with E-state index in [1.54, 1.807) is 6.07 Å². The quantitative estimate of drug-likeness (QED) is 0.354. The predicted octanol–water partition coefficient (Wildman–Crippen LogP) is 6.87. The second-order valence-electron chi connectivity index (χ2n) is 7.90. The largest absolute Gasteiger partial charge is 0.478 e. The molecule has 2 rings (SSSR count). The van der Waals surface area contributed by atoms with Crippen LogP contribution in [0.4, 0.5) is 0 Å². The molecule has 1 aromatic heterocycles. The Kier molecular flexibility index (Phi) is 10.4. The molecule has 0 aliphatic carbocycles. The van der Waals surface area contributed by atoms with Crippen molar-refractivity contribution in [2.24, 2.45) is 0 Å². The summed E-state index contributed by atoms with van der Waals surface area (Å²) in [6, 6.07) is 5.55. The summed E-state index contributed by atoms with van der Waals surface area (Å²) in [4.78, 5) is 20.8. The van der Waals surface area contributed by atoms with Crippen LogP contribution in [0.3, 0.4) is 0 Å². The molecule has 0 spiro atoms. The molecule has 0 aliphatic heterocycles. The van der Waals surface area contributed by atoms with Crippen LogP contribution < -0.4 is 0 Å². The van der Waals surface area contributed by atoms with Crippen molar-refractivity contribution in [1.29, 1.82) is 0 Å². The van der Waals surface area contributed by atoms with Crippen LogP contribution in [-0.2, 0) is 12.8 Å². The third-order valence-electron chi connectivity index (χ3n) is 5.42. The minimum absolute atomic E-state index is 0.405. The Balaban J connectivity index is 2.01. The number of nitrogens with zero attached hydrogens (tertiary/aromatic N) is 2. The number of aromatic carboxylic acids is 1. The third-order valence-corrected chi connectivity index (χ3v) is 5.42. The van der Waals surface area contributed by atoms with Crippen molar-refractivity contribution in [1.82, 2.24) is 9.97 Å². The van der Waals surface area contributed by atoms with Gasteiger partial charge in [-0.05, 0) is 43.4 Å². The fourth-order valence-electron chi connectivity index (χ4n) is 3.63. The average Bonchev–Trinajstić information content (AvgIpc) is 2.74. The van der Waals surface area contributed by atoms with Crippen LogP contribution in [0.2, 0.25) is 0 Å². The van der Waals surface area contributed by atoms with Crippen molar-refractivity contribution in [3.63, 3.8) is 0 Å². The fourth-order valence-corrected chi connectivity index (χ4v) is 3.63. The standard InChI is InChI=1S/C25H36N2O2/c1-3-5-7-9-10-11-13-20-17-21(15-16-23(20)25(28)29)24-19-26-22(18-27-24)14-12-8-6-4-2/h15-19H,3-14H2,1-2H3,(H,28,29). The first-order valence-electron chi connectivity index (χ1n) is 11.3. The second-order valence-corrected chi connectivity index (χ2v) is 7.90. The average molecular weight is 397 g/mol. The van der Waals surface area contributed by atoms with E-state index in [1.807, 2.05) is 24.5 Å². The first-order valence-corrected chi connectivity index (χ1v) is 11.3. The van der Waals surface area contributed by atoms with Crippen LogP contribution in [0.1, 0.15) is 99.7 Å². The lowest BCUT2D eigenvalue weighted by atomic mass is 9.97. The maximum Gasteiger partial charge on any atom is 0.335 e. The van der Waals surface area contributed by atoms with Crippen LogP contribution in [0, 0.1) is 0 Å². The number of benzene rings is 1. The topological polar surface area (TPSA) is 63.1 Å². The number of aromatic nitrogens is 2. The molecule has 0 amide bonds. The third kappa shape index (κ3) is 7.96. The first-order chi connectivity index (χ1) is 14.2. The lowest BCUT2D eigenvalue weighted by Gasteiger charge is -2.10. The molecule has 4 heteroatoms. The number of unbranched alkanes of at least 4 members (excludes halogenated alkanes) is 8. The molecule has 0 unspecified atom stereocenters. The Morgan fingerprint density at radius 2 is 1.48 bits per heavy atom. The van der Waals surface area contributed by atoms with E-state index in [4.69, 9.17) is 0 Å². The zero-order valence-electron chi connectivity index (χ0n) is 18.1. The minimum atomic E-state index is -0.856. The van der Waals surface area contributed by atoms with Crippen LogP contribution in [0.25, 0.3) is 11.3 Å². The highest BCUT2D eigenvalue weighted by molar-refractivity contribution is 5.90. The first kappa shape index (κ1) is 23.1.